The number of rotatable bonds is 6. The number of aromatic nitrogens is 3. The van der Waals surface area contributed by atoms with Crippen molar-refractivity contribution in [2.45, 2.75) is 43.3 Å². The van der Waals surface area contributed by atoms with E-state index < -0.39 is 0 Å². The number of hydrogen-bond donors (Lipinski definition) is 0. The molecule has 1 aliphatic carbocycles. The average molecular weight is 375 g/mol. The molecule has 7 heteroatoms. The first kappa shape index (κ1) is 18.8. The molecule has 1 amide bonds. The summed E-state index contributed by atoms with van der Waals surface area (Å²) in [4.78, 5) is 14.4. The van der Waals surface area contributed by atoms with Crippen molar-refractivity contribution >= 4 is 17.7 Å². The highest BCUT2D eigenvalue weighted by Crippen LogP contribution is 2.26. The molecule has 140 valence electrons. The number of nitrogens with zero attached hydrogens (tertiary/aromatic N) is 4. The van der Waals surface area contributed by atoms with Crippen LogP contribution in [0, 0.1) is 0 Å². The highest BCUT2D eigenvalue weighted by Gasteiger charge is 2.22. The first-order valence-electron chi connectivity index (χ1n) is 9.02. The maximum Gasteiger partial charge on any atom is 0.233 e. The van der Waals surface area contributed by atoms with Gasteiger partial charge >= 0.3 is 0 Å². The molecule has 0 spiro atoms. The van der Waals surface area contributed by atoms with Crippen LogP contribution in [-0.2, 0) is 11.8 Å². The lowest BCUT2D eigenvalue weighted by molar-refractivity contribution is -0.129. The Morgan fingerprint density at radius 3 is 2.58 bits per heavy atom. The van der Waals surface area contributed by atoms with Crippen LogP contribution >= 0.6 is 11.8 Å². The third kappa shape index (κ3) is 4.20. The molecule has 0 saturated heterocycles. The lowest BCUT2D eigenvalue weighted by Crippen LogP contribution is -2.39. The van der Waals surface area contributed by atoms with Gasteiger partial charge in [-0.3, -0.25) is 4.79 Å². The van der Waals surface area contributed by atoms with Crippen LogP contribution in [0.2, 0.25) is 0 Å². The molecule has 0 bridgehead atoms. The molecular formula is C19H26N4O2S. The Hall–Kier alpha value is -2.02. The molecule has 1 heterocycles. The van der Waals surface area contributed by atoms with Crippen molar-refractivity contribution in [3.8, 4) is 17.1 Å². The SMILES string of the molecule is COc1ccc(-c2nnc(SCC(=O)N(C)C3CCCCC3)n2C)cc1. The second-order valence-electron chi connectivity index (χ2n) is 6.68. The van der Waals surface area contributed by atoms with Gasteiger partial charge in [-0.15, -0.1) is 10.2 Å². The molecular weight excluding hydrogens is 348 g/mol. The van der Waals surface area contributed by atoms with Crippen molar-refractivity contribution in [3.05, 3.63) is 24.3 Å². The quantitative estimate of drug-likeness (QED) is 0.726. The number of amides is 1. The van der Waals surface area contributed by atoms with E-state index in [2.05, 4.69) is 10.2 Å². The second kappa shape index (κ2) is 8.58. The number of thioether (sulfide) groups is 1. The van der Waals surface area contributed by atoms with E-state index in [9.17, 15) is 4.79 Å². The first-order valence-corrected chi connectivity index (χ1v) is 10.0. The first-order chi connectivity index (χ1) is 12.6. The molecule has 0 N–H and O–H groups in total. The van der Waals surface area contributed by atoms with Crippen LogP contribution in [0.3, 0.4) is 0 Å². The zero-order chi connectivity index (χ0) is 18.5. The number of carbonyl (C=O) groups is 1. The Labute approximate surface area is 158 Å². The Morgan fingerprint density at radius 2 is 1.92 bits per heavy atom. The summed E-state index contributed by atoms with van der Waals surface area (Å²) in [6.45, 7) is 0. The van der Waals surface area contributed by atoms with Crippen LogP contribution in [-0.4, -0.2) is 51.5 Å². The monoisotopic (exact) mass is 374 g/mol. The van der Waals surface area contributed by atoms with Crippen LogP contribution in [0.1, 0.15) is 32.1 Å². The van der Waals surface area contributed by atoms with Gasteiger partial charge in [0.15, 0.2) is 11.0 Å². The van der Waals surface area contributed by atoms with Gasteiger partial charge in [0.1, 0.15) is 5.75 Å². The Bertz CT molecular complexity index is 738. The van der Waals surface area contributed by atoms with Gasteiger partial charge in [0.05, 0.1) is 12.9 Å². The minimum Gasteiger partial charge on any atom is -0.497 e. The van der Waals surface area contributed by atoms with Crippen molar-refractivity contribution < 1.29 is 9.53 Å². The molecule has 3 rings (SSSR count). The predicted octanol–water partition coefficient (Wildman–Crippen LogP) is 3.37. The summed E-state index contributed by atoms with van der Waals surface area (Å²) in [5.74, 6) is 2.14. The molecule has 6 nitrogen and oxygen atoms in total. The van der Waals surface area contributed by atoms with E-state index in [0.29, 0.717) is 11.8 Å². The van der Waals surface area contributed by atoms with Crippen molar-refractivity contribution in [1.29, 1.82) is 0 Å². The normalized spacial score (nSPS) is 15.0. The van der Waals surface area contributed by atoms with E-state index in [-0.39, 0.29) is 5.91 Å². The van der Waals surface area contributed by atoms with Gasteiger partial charge in [-0.05, 0) is 37.1 Å². The summed E-state index contributed by atoms with van der Waals surface area (Å²) < 4.78 is 7.12. The van der Waals surface area contributed by atoms with E-state index in [1.165, 1.54) is 31.0 Å². The summed E-state index contributed by atoms with van der Waals surface area (Å²) in [6, 6.07) is 8.11. The van der Waals surface area contributed by atoms with Crippen molar-refractivity contribution in [2.75, 3.05) is 19.9 Å². The van der Waals surface area contributed by atoms with E-state index in [1.807, 2.05) is 47.8 Å². The minimum absolute atomic E-state index is 0.163. The molecule has 1 aromatic carbocycles. The Kier molecular flexibility index (Phi) is 6.19. The highest BCUT2D eigenvalue weighted by molar-refractivity contribution is 7.99. The van der Waals surface area contributed by atoms with Gasteiger partial charge in [-0.25, -0.2) is 0 Å². The lowest BCUT2D eigenvalue weighted by atomic mass is 9.94. The van der Waals surface area contributed by atoms with Gasteiger partial charge in [-0.2, -0.15) is 0 Å². The van der Waals surface area contributed by atoms with Crippen LogP contribution < -0.4 is 4.74 Å². The molecule has 0 radical (unpaired) electrons. The fourth-order valence-electron chi connectivity index (χ4n) is 3.33. The number of ether oxygens (including phenoxy) is 1. The molecule has 26 heavy (non-hydrogen) atoms. The average Bonchev–Trinajstić information content (AvgIpc) is 3.06. The van der Waals surface area contributed by atoms with Crippen molar-refractivity contribution in [3.63, 3.8) is 0 Å². The smallest absolute Gasteiger partial charge is 0.233 e. The summed E-state index contributed by atoms with van der Waals surface area (Å²) in [7, 11) is 5.50. The van der Waals surface area contributed by atoms with Gasteiger partial charge in [-0.1, -0.05) is 31.0 Å². The van der Waals surface area contributed by atoms with E-state index >= 15 is 0 Å². The third-order valence-electron chi connectivity index (χ3n) is 5.02. The zero-order valence-electron chi connectivity index (χ0n) is 15.6. The van der Waals surface area contributed by atoms with Crippen LogP contribution in [0.15, 0.2) is 29.4 Å². The molecule has 0 atom stereocenters. The lowest BCUT2D eigenvalue weighted by Gasteiger charge is -2.31. The van der Waals surface area contributed by atoms with E-state index in [4.69, 9.17) is 4.74 Å². The number of methoxy groups -OCH3 is 1. The third-order valence-corrected chi connectivity index (χ3v) is 6.03. The van der Waals surface area contributed by atoms with Gasteiger partial charge in [0.25, 0.3) is 0 Å². The molecule has 0 unspecified atom stereocenters. The topological polar surface area (TPSA) is 60.3 Å². The molecule has 0 aliphatic heterocycles. The summed E-state index contributed by atoms with van der Waals surface area (Å²) in [5, 5.41) is 9.28. The number of benzene rings is 1. The second-order valence-corrected chi connectivity index (χ2v) is 7.62. The van der Waals surface area contributed by atoms with E-state index in [0.717, 1.165) is 35.1 Å². The van der Waals surface area contributed by atoms with Crippen molar-refractivity contribution in [2.24, 2.45) is 7.05 Å². The number of carbonyl (C=O) groups excluding carboxylic acids is 1. The van der Waals surface area contributed by atoms with Crippen LogP contribution in [0.4, 0.5) is 0 Å². The fourth-order valence-corrected chi connectivity index (χ4v) is 4.17. The van der Waals surface area contributed by atoms with Gasteiger partial charge in [0.2, 0.25) is 5.91 Å². The Balaban J connectivity index is 1.61. The molecule has 1 saturated carbocycles. The minimum atomic E-state index is 0.163. The predicted molar refractivity (Wildman–Crippen MR) is 103 cm³/mol. The van der Waals surface area contributed by atoms with Gasteiger partial charge in [0, 0.05) is 25.7 Å². The number of hydrogen-bond acceptors (Lipinski definition) is 5. The van der Waals surface area contributed by atoms with Crippen molar-refractivity contribution in [1.82, 2.24) is 19.7 Å². The molecule has 1 aliphatic rings. The molecule has 1 aromatic heterocycles. The fraction of sp³-hybridized carbons (Fsp3) is 0.526. The highest BCUT2D eigenvalue weighted by atomic mass is 32.2. The zero-order valence-corrected chi connectivity index (χ0v) is 16.5. The van der Waals surface area contributed by atoms with E-state index in [1.54, 1.807) is 7.11 Å². The largest absolute Gasteiger partial charge is 0.497 e. The summed E-state index contributed by atoms with van der Waals surface area (Å²) in [6.07, 6.45) is 5.99. The van der Waals surface area contributed by atoms with Crippen LogP contribution in [0.25, 0.3) is 11.4 Å². The van der Waals surface area contributed by atoms with Gasteiger partial charge < -0.3 is 14.2 Å². The molecule has 2 aromatic rings. The standard InChI is InChI=1S/C19H26N4O2S/c1-22(15-7-5-4-6-8-15)17(24)13-26-19-21-20-18(23(19)2)14-9-11-16(25-3)12-10-14/h9-12,15H,4-8,13H2,1-3H3. The maximum atomic E-state index is 12.5. The summed E-state index contributed by atoms with van der Waals surface area (Å²) >= 11 is 1.44. The Morgan fingerprint density at radius 1 is 1.23 bits per heavy atom. The van der Waals surface area contributed by atoms with Crippen LogP contribution in [0.5, 0.6) is 5.75 Å². The molecule has 1 fully saturated rings. The summed E-state index contributed by atoms with van der Waals surface area (Å²) in [5.41, 5.74) is 0.971. The maximum absolute atomic E-state index is 12.5.